The first-order valence-corrected chi connectivity index (χ1v) is 6.65. The summed E-state index contributed by atoms with van der Waals surface area (Å²) in [5.41, 5.74) is 2.75. The Balaban J connectivity index is 2.57. The summed E-state index contributed by atoms with van der Waals surface area (Å²) < 4.78 is 5.54. The van der Waals surface area contributed by atoms with E-state index in [-0.39, 0.29) is 0 Å². The summed E-state index contributed by atoms with van der Waals surface area (Å²) in [5.74, 6) is -0.451. The van der Waals surface area contributed by atoms with Gasteiger partial charge in [-0.2, -0.15) is 0 Å². The van der Waals surface area contributed by atoms with Gasteiger partial charge in [0.2, 0.25) is 0 Å². The number of ether oxygens (including phenoxy) is 1. The summed E-state index contributed by atoms with van der Waals surface area (Å²) in [4.78, 5) is 16.3. The van der Waals surface area contributed by atoms with Crippen molar-refractivity contribution in [2.75, 3.05) is 7.11 Å². The van der Waals surface area contributed by atoms with Crippen LogP contribution in [0.1, 0.15) is 10.5 Å². The quantitative estimate of drug-likeness (QED) is 0.780. The smallest absolute Gasteiger partial charge is 0.358 e. The van der Waals surface area contributed by atoms with E-state index in [0.29, 0.717) is 10.7 Å². The standard InChI is InChI=1S/C11H7BrClNO2S/c1-16-11(15)9-10(17-5-14-9)7-4-6(13)2-3-8(7)12/h2-5H,1H3. The van der Waals surface area contributed by atoms with Crippen LogP contribution in [0.5, 0.6) is 0 Å². The lowest BCUT2D eigenvalue weighted by molar-refractivity contribution is 0.0596. The number of rotatable bonds is 2. The number of halogens is 2. The van der Waals surface area contributed by atoms with Gasteiger partial charge in [0, 0.05) is 15.1 Å². The maximum absolute atomic E-state index is 11.5. The van der Waals surface area contributed by atoms with E-state index in [9.17, 15) is 4.79 Å². The number of carbonyl (C=O) groups excluding carboxylic acids is 1. The predicted octanol–water partition coefficient (Wildman–Crippen LogP) is 4.01. The van der Waals surface area contributed by atoms with Crippen LogP contribution in [-0.4, -0.2) is 18.1 Å². The average Bonchev–Trinajstić information content (AvgIpc) is 2.80. The Hall–Kier alpha value is -0.910. The summed E-state index contributed by atoms with van der Waals surface area (Å²) in [6, 6.07) is 5.39. The van der Waals surface area contributed by atoms with Crippen LogP contribution in [0.25, 0.3) is 10.4 Å². The van der Waals surface area contributed by atoms with Crippen molar-refractivity contribution < 1.29 is 9.53 Å². The molecule has 0 aliphatic carbocycles. The van der Waals surface area contributed by atoms with Crippen LogP contribution < -0.4 is 0 Å². The number of benzene rings is 1. The summed E-state index contributed by atoms with van der Waals surface area (Å²) in [7, 11) is 1.33. The number of esters is 1. The molecule has 0 spiro atoms. The number of methoxy groups -OCH3 is 1. The second-order valence-electron chi connectivity index (χ2n) is 3.15. The molecular weight excluding hydrogens is 326 g/mol. The minimum atomic E-state index is -0.451. The normalized spacial score (nSPS) is 10.3. The van der Waals surface area contributed by atoms with Crippen LogP contribution in [0.2, 0.25) is 5.02 Å². The zero-order valence-corrected chi connectivity index (χ0v) is 11.9. The fourth-order valence-corrected chi connectivity index (χ4v) is 2.91. The number of aromatic nitrogens is 1. The largest absolute Gasteiger partial charge is 0.464 e. The first-order valence-electron chi connectivity index (χ1n) is 4.60. The third-order valence-corrected chi connectivity index (χ3v) is 3.91. The molecule has 1 aromatic heterocycles. The van der Waals surface area contributed by atoms with Crippen LogP contribution in [0, 0.1) is 0 Å². The highest BCUT2D eigenvalue weighted by Gasteiger charge is 2.18. The van der Waals surface area contributed by atoms with E-state index in [1.165, 1.54) is 18.4 Å². The number of carbonyl (C=O) groups is 1. The molecule has 1 aromatic carbocycles. The Kier molecular flexibility index (Phi) is 3.81. The summed E-state index contributed by atoms with van der Waals surface area (Å²) >= 11 is 10.7. The molecule has 0 bridgehead atoms. The van der Waals surface area contributed by atoms with E-state index in [1.807, 2.05) is 6.07 Å². The molecule has 0 amide bonds. The van der Waals surface area contributed by atoms with Crippen LogP contribution in [-0.2, 0) is 4.74 Å². The number of nitrogens with zero attached hydrogens (tertiary/aromatic N) is 1. The average molecular weight is 333 g/mol. The third kappa shape index (κ3) is 2.51. The van der Waals surface area contributed by atoms with Crippen molar-refractivity contribution >= 4 is 44.8 Å². The molecule has 0 saturated heterocycles. The number of hydrogen-bond acceptors (Lipinski definition) is 4. The Labute approximate surface area is 116 Å². The van der Waals surface area contributed by atoms with E-state index < -0.39 is 5.97 Å². The van der Waals surface area contributed by atoms with Crippen molar-refractivity contribution in [3.05, 3.63) is 38.9 Å². The molecular formula is C11H7BrClNO2S. The molecule has 0 N–H and O–H groups in total. The van der Waals surface area contributed by atoms with Crippen molar-refractivity contribution in [2.24, 2.45) is 0 Å². The topological polar surface area (TPSA) is 39.2 Å². The fraction of sp³-hybridized carbons (Fsp3) is 0.0909. The van der Waals surface area contributed by atoms with Crippen molar-refractivity contribution in [3.63, 3.8) is 0 Å². The van der Waals surface area contributed by atoms with E-state index in [0.717, 1.165) is 14.9 Å². The van der Waals surface area contributed by atoms with E-state index in [2.05, 4.69) is 25.7 Å². The summed E-state index contributed by atoms with van der Waals surface area (Å²) in [5, 5.41) is 0.604. The van der Waals surface area contributed by atoms with Crippen molar-refractivity contribution in [1.29, 1.82) is 0 Å². The molecule has 0 fully saturated rings. The highest BCUT2D eigenvalue weighted by molar-refractivity contribution is 9.10. The minimum absolute atomic E-state index is 0.306. The molecule has 1 heterocycles. The molecule has 2 aromatic rings. The molecule has 0 saturated carbocycles. The van der Waals surface area contributed by atoms with Crippen molar-refractivity contribution in [2.45, 2.75) is 0 Å². The monoisotopic (exact) mass is 331 g/mol. The molecule has 17 heavy (non-hydrogen) atoms. The van der Waals surface area contributed by atoms with Crippen LogP contribution >= 0.6 is 38.9 Å². The number of hydrogen-bond donors (Lipinski definition) is 0. The van der Waals surface area contributed by atoms with Gasteiger partial charge >= 0.3 is 5.97 Å². The lowest BCUT2D eigenvalue weighted by Gasteiger charge is -2.04. The molecule has 88 valence electrons. The van der Waals surface area contributed by atoms with E-state index in [1.54, 1.807) is 17.6 Å². The van der Waals surface area contributed by atoms with Gasteiger partial charge in [-0.15, -0.1) is 11.3 Å². The van der Waals surface area contributed by atoms with E-state index in [4.69, 9.17) is 11.6 Å². The van der Waals surface area contributed by atoms with Gasteiger partial charge in [-0.3, -0.25) is 0 Å². The molecule has 0 aliphatic heterocycles. The molecule has 0 aliphatic rings. The molecule has 3 nitrogen and oxygen atoms in total. The Morgan fingerprint density at radius 2 is 2.29 bits per heavy atom. The maximum Gasteiger partial charge on any atom is 0.358 e. The zero-order valence-electron chi connectivity index (χ0n) is 8.74. The van der Waals surface area contributed by atoms with E-state index >= 15 is 0 Å². The van der Waals surface area contributed by atoms with Gasteiger partial charge in [0.25, 0.3) is 0 Å². The first-order chi connectivity index (χ1) is 8.13. The molecule has 0 radical (unpaired) electrons. The second kappa shape index (κ2) is 5.16. The van der Waals surface area contributed by atoms with Crippen LogP contribution in [0.15, 0.2) is 28.2 Å². The fourth-order valence-electron chi connectivity index (χ4n) is 1.35. The summed E-state index contributed by atoms with van der Waals surface area (Å²) in [6.07, 6.45) is 0. The third-order valence-electron chi connectivity index (χ3n) is 2.12. The lowest BCUT2D eigenvalue weighted by atomic mass is 10.1. The van der Waals surface area contributed by atoms with Crippen molar-refractivity contribution in [3.8, 4) is 10.4 Å². The van der Waals surface area contributed by atoms with Gasteiger partial charge in [-0.25, -0.2) is 9.78 Å². The minimum Gasteiger partial charge on any atom is -0.464 e. The van der Waals surface area contributed by atoms with Gasteiger partial charge in [0.15, 0.2) is 5.69 Å². The molecule has 0 atom stereocenters. The second-order valence-corrected chi connectivity index (χ2v) is 5.29. The SMILES string of the molecule is COC(=O)c1ncsc1-c1cc(Cl)ccc1Br. The van der Waals surface area contributed by atoms with Gasteiger partial charge in [-0.05, 0) is 18.2 Å². The zero-order chi connectivity index (χ0) is 12.4. The van der Waals surface area contributed by atoms with Gasteiger partial charge in [0.05, 0.1) is 17.5 Å². The predicted molar refractivity (Wildman–Crippen MR) is 71.6 cm³/mol. The molecule has 6 heteroatoms. The highest BCUT2D eigenvalue weighted by Crippen LogP contribution is 2.35. The Bertz CT molecular complexity index is 570. The van der Waals surface area contributed by atoms with Gasteiger partial charge < -0.3 is 4.74 Å². The Morgan fingerprint density at radius 3 is 3.00 bits per heavy atom. The van der Waals surface area contributed by atoms with Gasteiger partial charge in [-0.1, -0.05) is 27.5 Å². The lowest BCUT2D eigenvalue weighted by Crippen LogP contribution is -2.03. The molecule has 0 unspecified atom stereocenters. The maximum atomic E-state index is 11.5. The first kappa shape index (κ1) is 12.5. The highest BCUT2D eigenvalue weighted by atomic mass is 79.9. The van der Waals surface area contributed by atoms with Crippen LogP contribution in [0.4, 0.5) is 0 Å². The Morgan fingerprint density at radius 1 is 1.53 bits per heavy atom. The van der Waals surface area contributed by atoms with Crippen LogP contribution in [0.3, 0.4) is 0 Å². The molecule has 2 rings (SSSR count). The number of thiazole rings is 1. The van der Waals surface area contributed by atoms with Gasteiger partial charge in [0.1, 0.15) is 0 Å². The summed E-state index contributed by atoms with van der Waals surface area (Å²) in [6.45, 7) is 0. The van der Waals surface area contributed by atoms with Crippen molar-refractivity contribution in [1.82, 2.24) is 4.98 Å².